The van der Waals surface area contributed by atoms with Crippen LogP contribution in [0.4, 0.5) is 0 Å². The molecule has 0 aliphatic heterocycles. The zero-order valence-corrected chi connectivity index (χ0v) is 13.7. The fourth-order valence-corrected chi connectivity index (χ4v) is 3.53. The number of carboxylic acid groups (broad SMARTS) is 3. The number of benzene rings is 2. The third-order valence-electron chi connectivity index (χ3n) is 3.00. The number of carbonyl (C=O) groups is 3. The molecule has 0 amide bonds. The van der Waals surface area contributed by atoms with Gasteiger partial charge >= 0.3 is 17.9 Å². The van der Waals surface area contributed by atoms with Gasteiger partial charge in [-0.05, 0) is 6.07 Å². The van der Waals surface area contributed by atoms with Gasteiger partial charge in [-0.25, -0.2) is 14.4 Å². The molecule has 0 aliphatic carbocycles. The maximum absolute atomic E-state index is 11.4. The van der Waals surface area contributed by atoms with E-state index in [1.807, 2.05) is 0 Å². The molecule has 0 fully saturated rings. The van der Waals surface area contributed by atoms with Crippen LogP contribution in [0.5, 0.6) is 0 Å². The molecule has 2 aromatic rings. The highest BCUT2D eigenvalue weighted by Crippen LogP contribution is 2.45. The number of fused-ring (bicyclic) bond motifs is 1. The first-order chi connectivity index (χ1) is 10.6. The van der Waals surface area contributed by atoms with Crippen molar-refractivity contribution in [3.8, 4) is 0 Å². The molecule has 2 aromatic carbocycles. The molecule has 3 N–H and O–H groups in total. The SMILES string of the molecule is O=C(O)c1cc(Cl)c2c(Cl)c(C(=O)O)c(C(=O)O)c(Cl)c2c1Cl. The molecule has 0 unspecified atom stereocenters. The first-order valence-corrected chi connectivity index (χ1v) is 7.13. The second kappa shape index (κ2) is 6.05. The summed E-state index contributed by atoms with van der Waals surface area (Å²) in [6, 6.07) is 0.975. The Morgan fingerprint density at radius 1 is 0.696 bits per heavy atom. The van der Waals surface area contributed by atoms with E-state index in [4.69, 9.17) is 51.5 Å². The summed E-state index contributed by atoms with van der Waals surface area (Å²) in [5.74, 6) is -4.72. The molecule has 6 nitrogen and oxygen atoms in total. The van der Waals surface area contributed by atoms with Gasteiger partial charge < -0.3 is 15.3 Å². The Bertz CT molecular complexity index is 906. The number of hydrogen-bond acceptors (Lipinski definition) is 3. The van der Waals surface area contributed by atoms with Crippen LogP contribution >= 0.6 is 46.4 Å². The molecule has 2 rings (SSSR count). The lowest BCUT2D eigenvalue weighted by atomic mass is 9.98. The molecule has 10 heteroatoms. The Morgan fingerprint density at radius 3 is 1.52 bits per heavy atom. The molecule has 0 saturated heterocycles. The van der Waals surface area contributed by atoms with Crippen molar-refractivity contribution in [2.24, 2.45) is 0 Å². The molecule has 0 aliphatic rings. The monoisotopic (exact) mass is 396 g/mol. The minimum absolute atomic E-state index is 0.143. The van der Waals surface area contributed by atoms with Crippen LogP contribution in [0.3, 0.4) is 0 Å². The molecule has 120 valence electrons. The van der Waals surface area contributed by atoms with Gasteiger partial charge in [-0.3, -0.25) is 0 Å². The highest BCUT2D eigenvalue weighted by Gasteiger charge is 2.30. The molecule has 0 atom stereocenters. The number of hydrogen-bond donors (Lipinski definition) is 3. The Hall–Kier alpha value is -1.73. The van der Waals surface area contributed by atoms with Crippen LogP contribution in [-0.2, 0) is 0 Å². The molecular weight excluding hydrogens is 394 g/mol. The summed E-state index contributed by atoms with van der Waals surface area (Å²) >= 11 is 23.9. The lowest BCUT2D eigenvalue weighted by Gasteiger charge is -2.15. The van der Waals surface area contributed by atoms with E-state index < -0.39 is 49.7 Å². The Kier molecular flexibility index (Phi) is 4.64. The average Bonchev–Trinajstić information content (AvgIpc) is 2.43. The predicted molar refractivity (Wildman–Crippen MR) is 84.9 cm³/mol. The second-order valence-corrected chi connectivity index (χ2v) is 5.80. The summed E-state index contributed by atoms with van der Waals surface area (Å²) in [5, 5.41) is 25.4. The van der Waals surface area contributed by atoms with E-state index in [0.717, 1.165) is 6.07 Å². The molecule has 0 spiro atoms. The van der Waals surface area contributed by atoms with E-state index >= 15 is 0 Å². The van der Waals surface area contributed by atoms with Crippen molar-refractivity contribution >= 4 is 75.1 Å². The maximum atomic E-state index is 11.4. The van der Waals surface area contributed by atoms with E-state index in [1.165, 1.54) is 0 Å². The maximum Gasteiger partial charge on any atom is 0.338 e. The van der Waals surface area contributed by atoms with Crippen LogP contribution in [-0.4, -0.2) is 33.2 Å². The summed E-state index contributed by atoms with van der Waals surface area (Å²) < 4.78 is 0. The third-order valence-corrected chi connectivity index (χ3v) is 4.45. The van der Waals surface area contributed by atoms with Gasteiger partial charge in [0.05, 0.1) is 36.8 Å². The summed E-state index contributed by atoms with van der Waals surface area (Å²) in [6.07, 6.45) is 0. The van der Waals surface area contributed by atoms with E-state index in [0.29, 0.717) is 0 Å². The Morgan fingerprint density at radius 2 is 1.13 bits per heavy atom. The number of carboxylic acids is 3. The van der Waals surface area contributed by atoms with E-state index in [1.54, 1.807) is 0 Å². The van der Waals surface area contributed by atoms with Crippen molar-refractivity contribution in [2.75, 3.05) is 0 Å². The number of rotatable bonds is 3. The van der Waals surface area contributed by atoms with Crippen LogP contribution in [0, 0.1) is 0 Å². The third kappa shape index (κ3) is 2.68. The molecule has 0 saturated carbocycles. The molecule has 0 radical (unpaired) electrons. The second-order valence-electron chi connectivity index (χ2n) is 4.26. The van der Waals surface area contributed by atoms with Gasteiger partial charge in [0, 0.05) is 10.8 Å². The van der Waals surface area contributed by atoms with Crippen molar-refractivity contribution in [1.29, 1.82) is 0 Å². The van der Waals surface area contributed by atoms with Gasteiger partial charge in [0.25, 0.3) is 0 Å². The van der Waals surface area contributed by atoms with Crippen LogP contribution in [0.15, 0.2) is 6.07 Å². The normalized spacial score (nSPS) is 10.8. The first-order valence-electron chi connectivity index (χ1n) is 5.62. The molecule has 0 bridgehead atoms. The standard InChI is InChI=1S/C13H4Cl4O6/c14-3-1-2(11(18)19)8(15)5-4(3)9(16)6(12(20)21)7(10(5)17)13(22)23/h1H,(H,18,19)(H,20,21)(H,22,23). The lowest BCUT2D eigenvalue weighted by Crippen LogP contribution is -2.11. The smallest absolute Gasteiger partial charge is 0.338 e. The summed E-state index contributed by atoms with van der Waals surface area (Å²) in [5.41, 5.74) is -2.00. The van der Waals surface area contributed by atoms with Gasteiger partial charge in [-0.15, -0.1) is 0 Å². The fourth-order valence-electron chi connectivity index (χ4n) is 2.07. The summed E-state index contributed by atoms with van der Waals surface area (Å²) in [4.78, 5) is 33.9. The van der Waals surface area contributed by atoms with Gasteiger partial charge in [0.2, 0.25) is 0 Å². The fraction of sp³-hybridized carbons (Fsp3) is 0. The summed E-state index contributed by atoms with van der Waals surface area (Å²) in [6.45, 7) is 0. The van der Waals surface area contributed by atoms with E-state index in [2.05, 4.69) is 0 Å². The van der Waals surface area contributed by atoms with Crippen LogP contribution in [0.25, 0.3) is 10.8 Å². The zero-order valence-electron chi connectivity index (χ0n) is 10.7. The van der Waals surface area contributed by atoms with Crippen molar-refractivity contribution < 1.29 is 29.7 Å². The highest BCUT2D eigenvalue weighted by atomic mass is 35.5. The van der Waals surface area contributed by atoms with Crippen molar-refractivity contribution in [3.63, 3.8) is 0 Å². The molecule has 0 aromatic heterocycles. The molecular formula is C13H4Cl4O6. The molecule has 0 heterocycles. The van der Waals surface area contributed by atoms with E-state index in [-0.39, 0.29) is 15.8 Å². The summed E-state index contributed by atoms with van der Waals surface area (Å²) in [7, 11) is 0. The van der Waals surface area contributed by atoms with Gasteiger partial charge in [-0.1, -0.05) is 46.4 Å². The first kappa shape index (κ1) is 17.6. The quantitative estimate of drug-likeness (QED) is 0.700. The van der Waals surface area contributed by atoms with Crippen molar-refractivity contribution in [1.82, 2.24) is 0 Å². The van der Waals surface area contributed by atoms with Gasteiger partial charge in [0.15, 0.2) is 0 Å². The molecule has 23 heavy (non-hydrogen) atoms. The van der Waals surface area contributed by atoms with Gasteiger partial charge in [0.1, 0.15) is 0 Å². The highest BCUT2D eigenvalue weighted by molar-refractivity contribution is 6.52. The predicted octanol–water partition coefficient (Wildman–Crippen LogP) is 4.55. The van der Waals surface area contributed by atoms with Crippen molar-refractivity contribution in [3.05, 3.63) is 42.8 Å². The number of aromatic carboxylic acids is 3. The van der Waals surface area contributed by atoms with Crippen LogP contribution in [0.2, 0.25) is 20.1 Å². The van der Waals surface area contributed by atoms with Crippen molar-refractivity contribution in [2.45, 2.75) is 0 Å². The minimum Gasteiger partial charge on any atom is -0.478 e. The number of halogens is 4. The van der Waals surface area contributed by atoms with Crippen LogP contribution < -0.4 is 0 Å². The minimum atomic E-state index is -1.66. The Balaban J connectivity index is 3.22. The average molecular weight is 398 g/mol. The largest absolute Gasteiger partial charge is 0.478 e. The van der Waals surface area contributed by atoms with Gasteiger partial charge in [-0.2, -0.15) is 0 Å². The Labute approximate surface area is 147 Å². The topological polar surface area (TPSA) is 112 Å². The van der Waals surface area contributed by atoms with E-state index in [9.17, 15) is 24.6 Å². The zero-order chi connectivity index (χ0) is 17.6. The lowest BCUT2D eigenvalue weighted by molar-refractivity contribution is 0.0652. The van der Waals surface area contributed by atoms with Crippen LogP contribution in [0.1, 0.15) is 31.1 Å².